The second-order valence-corrected chi connectivity index (χ2v) is 3.95. The molecule has 0 radical (unpaired) electrons. The fraction of sp³-hybridized carbons (Fsp3) is 0. The van der Waals surface area contributed by atoms with Crippen molar-refractivity contribution < 1.29 is 0 Å². The third kappa shape index (κ3) is 1.72. The molecule has 0 spiro atoms. The number of hydrogen-bond acceptors (Lipinski definition) is 4. The molecule has 90 valence electrons. The zero-order valence-electron chi connectivity index (χ0n) is 8.94. The molecule has 0 bridgehead atoms. The zero-order valence-corrected chi connectivity index (χ0v) is 10.5. The lowest BCUT2D eigenvalue weighted by molar-refractivity contribution is 1.22. The van der Waals surface area contributed by atoms with Crippen molar-refractivity contribution in [2.75, 3.05) is 5.73 Å². The Morgan fingerprint density at radius 3 is 2.83 bits per heavy atom. The van der Waals surface area contributed by atoms with Gasteiger partial charge in [0.25, 0.3) is 0 Å². The van der Waals surface area contributed by atoms with Crippen molar-refractivity contribution in [3.05, 3.63) is 28.9 Å². The van der Waals surface area contributed by atoms with Crippen molar-refractivity contribution in [1.82, 2.24) is 15.0 Å². The number of rotatable bonds is 0. The normalized spacial score (nSPS) is 10.2. The van der Waals surface area contributed by atoms with E-state index < -0.39 is 0 Å². The van der Waals surface area contributed by atoms with Crippen molar-refractivity contribution in [2.45, 2.75) is 0 Å². The minimum atomic E-state index is 0. The molecule has 0 aliphatic heterocycles. The summed E-state index contributed by atoms with van der Waals surface area (Å²) >= 11 is 6.04. The van der Waals surface area contributed by atoms with Crippen LogP contribution in [-0.4, -0.2) is 15.0 Å². The predicted octanol–water partition coefficient (Wildman–Crippen LogP) is 2.64. The molecule has 0 saturated heterocycles. The van der Waals surface area contributed by atoms with E-state index in [-0.39, 0.29) is 23.5 Å². The molecule has 0 atom stereocenters. The summed E-state index contributed by atoms with van der Waals surface area (Å²) < 4.78 is 0. The van der Waals surface area contributed by atoms with E-state index >= 15 is 0 Å². The number of aromatic amines is 1. The summed E-state index contributed by atoms with van der Waals surface area (Å²) in [4.78, 5) is 11.1. The van der Waals surface area contributed by atoms with E-state index in [0.29, 0.717) is 16.6 Å². The van der Waals surface area contributed by atoms with Gasteiger partial charge in [0.1, 0.15) is 10.8 Å². The molecule has 7 heteroatoms. The highest BCUT2D eigenvalue weighted by Crippen LogP contribution is 2.30. The second kappa shape index (κ2) is 4.33. The molecule has 0 amide bonds. The minimum absolute atomic E-state index is 0. The minimum Gasteiger partial charge on any atom is -0.368 e. The maximum absolute atomic E-state index is 8.88. The summed E-state index contributed by atoms with van der Waals surface area (Å²) in [6.07, 6.45) is 0. The molecule has 0 fully saturated rings. The van der Waals surface area contributed by atoms with Crippen LogP contribution in [0.5, 0.6) is 0 Å². The molecule has 18 heavy (non-hydrogen) atoms. The highest BCUT2D eigenvalue weighted by Gasteiger charge is 2.11. The summed E-state index contributed by atoms with van der Waals surface area (Å²) in [6, 6.07) is 7.36. The predicted molar refractivity (Wildman–Crippen MR) is 72.8 cm³/mol. The van der Waals surface area contributed by atoms with Crippen LogP contribution < -0.4 is 5.73 Å². The average Bonchev–Trinajstić information content (AvgIpc) is 2.65. The van der Waals surface area contributed by atoms with Crippen LogP contribution in [0, 0.1) is 11.3 Å². The van der Waals surface area contributed by atoms with Crippen molar-refractivity contribution >= 4 is 51.9 Å². The fourth-order valence-corrected chi connectivity index (χ4v) is 2.11. The van der Waals surface area contributed by atoms with Crippen molar-refractivity contribution in [3.8, 4) is 6.07 Å². The number of benzene rings is 1. The van der Waals surface area contributed by atoms with Crippen molar-refractivity contribution in [1.29, 1.82) is 5.26 Å². The lowest BCUT2D eigenvalue weighted by Gasteiger charge is -1.95. The largest absolute Gasteiger partial charge is 0.368 e. The second-order valence-electron chi connectivity index (χ2n) is 3.59. The van der Waals surface area contributed by atoms with Gasteiger partial charge in [0, 0.05) is 10.9 Å². The number of nitrogens with zero attached hydrogens (tertiary/aromatic N) is 3. The van der Waals surface area contributed by atoms with E-state index in [0.717, 1.165) is 10.9 Å². The van der Waals surface area contributed by atoms with Gasteiger partial charge in [-0.3, -0.25) is 0 Å². The number of nitrogens with two attached hydrogens (primary N) is 1. The topological polar surface area (TPSA) is 91.4 Å². The first-order valence-electron chi connectivity index (χ1n) is 4.83. The standard InChI is InChI=1S/C11H6ClN5.ClH/c12-9-8-6-3-5(4-13)1-2-7(6)15-10(8)17-11(14)16-9;/h1-3H,(H3,14,15,16,17);1H. The Kier molecular flexibility index (Phi) is 2.99. The number of aromatic nitrogens is 3. The Bertz CT molecular complexity index is 787. The maximum Gasteiger partial charge on any atom is 0.223 e. The number of halogens is 2. The average molecular weight is 280 g/mol. The molecule has 5 nitrogen and oxygen atoms in total. The summed E-state index contributed by atoms with van der Waals surface area (Å²) in [7, 11) is 0. The molecule has 0 unspecified atom stereocenters. The third-order valence-corrected chi connectivity index (χ3v) is 2.83. The number of nitriles is 1. The van der Waals surface area contributed by atoms with Crippen molar-refractivity contribution in [3.63, 3.8) is 0 Å². The number of H-pyrrole nitrogens is 1. The molecule has 2 aromatic heterocycles. The van der Waals surface area contributed by atoms with Gasteiger partial charge in [-0.05, 0) is 18.2 Å². The molecule has 0 aliphatic rings. The lowest BCUT2D eigenvalue weighted by atomic mass is 10.1. The van der Waals surface area contributed by atoms with Gasteiger partial charge < -0.3 is 10.7 Å². The summed E-state index contributed by atoms with van der Waals surface area (Å²) in [5, 5.41) is 10.7. The highest BCUT2D eigenvalue weighted by atomic mass is 35.5. The Hall–Kier alpha value is -2.03. The first-order chi connectivity index (χ1) is 8.19. The van der Waals surface area contributed by atoms with Gasteiger partial charge in [0.2, 0.25) is 5.95 Å². The van der Waals surface area contributed by atoms with Gasteiger partial charge in [-0.15, -0.1) is 12.4 Å². The maximum atomic E-state index is 8.88. The number of anilines is 1. The Labute approximate surface area is 113 Å². The molecule has 3 N–H and O–H groups in total. The van der Waals surface area contributed by atoms with Crippen molar-refractivity contribution in [2.24, 2.45) is 0 Å². The summed E-state index contributed by atoms with van der Waals surface area (Å²) in [5.41, 5.74) is 7.51. The molecule has 3 aromatic rings. The zero-order chi connectivity index (χ0) is 12.0. The van der Waals surface area contributed by atoms with Crippen LogP contribution in [-0.2, 0) is 0 Å². The van der Waals surface area contributed by atoms with E-state index in [1.54, 1.807) is 12.1 Å². The molecule has 1 aromatic carbocycles. The Morgan fingerprint density at radius 1 is 1.33 bits per heavy atom. The van der Waals surface area contributed by atoms with Gasteiger partial charge in [-0.25, -0.2) is 4.98 Å². The molecule has 0 aliphatic carbocycles. The lowest BCUT2D eigenvalue weighted by Crippen LogP contribution is -1.94. The highest BCUT2D eigenvalue weighted by molar-refractivity contribution is 6.36. The van der Waals surface area contributed by atoms with Gasteiger partial charge in [-0.1, -0.05) is 11.6 Å². The van der Waals surface area contributed by atoms with E-state index in [1.165, 1.54) is 0 Å². The Balaban J connectivity index is 0.00000120. The van der Waals surface area contributed by atoms with Crippen LogP contribution in [0.3, 0.4) is 0 Å². The van der Waals surface area contributed by atoms with Crippen LogP contribution in [0.25, 0.3) is 21.9 Å². The fourth-order valence-electron chi connectivity index (χ4n) is 1.84. The van der Waals surface area contributed by atoms with Gasteiger partial charge >= 0.3 is 0 Å². The summed E-state index contributed by atoms with van der Waals surface area (Å²) in [5.74, 6) is 0.120. The molecule has 2 heterocycles. The van der Waals surface area contributed by atoms with E-state index in [2.05, 4.69) is 21.0 Å². The van der Waals surface area contributed by atoms with E-state index in [1.807, 2.05) is 6.07 Å². The van der Waals surface area contributed by atoms with Crippen LogP contribution in [0.15, 0.2) is 18.2 Å². The quantitative estimate of drug-likeness (QED) is 0.619. The SMILES string of the molecule is Cl.N#Cc1ccc2[nH]c3nc(N)nc(Cl)c3c2c1. The third-order valence-electron chi connectivity index (χ3n) is 2.55. The number of nitrogen functional groups attached to an aromatic ring is 1. The molecular formula is C11H7Cl2N5. The van der Waals surface area contributed by atoms with E-state index in [9.17, 15) is 0 Å². The first-order valence-corrected chi connectivity index (χ1v) is 5.21. The first kappa shape index (κ1) is 12.4. The smallest absolute Gasteiger partial charge is 0.223 e. The number of fused-ring (bicyclic) bond motifs is 3. The van der Waals surface area contributed by atoms with Gasteiger partial charge in [-0.2, -0.15) is 10.2 Å². The monoisotopic (exact) mass is 279 g/mol. The van der Waals surface area contributed by atoms with Crippen LogP contribution in [0.1, 0.15) is 5.56 Å². The van der Waals surface area contributed by atoms with Crippen LogP contribution in [0.4, 0.5) is 5.95 Å². The van der Waals surface area contributed by atoms with E-state index in [4.69, 9.17) is 22.6 Å². The summed E-state index contributed by atoms with van der Waals surface area (Å²) in [6.45, 7) is 0. The van der Waals surface area contributed by atoms with Crippen LogP contribution >= 0.6 is 24.0 Å². The molecule has 3 rings (SSSR count). The number of nitrogens with one attached hydrogen (secondary N) is 1. The van der Waals surface area contributed by atoms with Gasteiger partial charge in [0.15, 0.2) is 0 Å². The van der Waals surface area contributed by atoms with Gasteiger partial charge in [0.05, 0.1) is 17.0 Å². The molecular weight excluding hydrogens is 273 g/mol. The number of hydrogen-bond donors (Lipinski definition) is 2. The van der Waals surface area contributed by atoms with Crippen LogP contribution in [0.2, 0.25) is 5.15 Å². The Morgan fingerprint density at radius 2 is 2.11 bits per heavy atom. The molecule has 0 saturated carbocycles.